The molecule has 12 nitrogen and oxygen atoms in total. The number of nitrogens with zero attached hydrogens (tertiary/aromatic N) is 8. The minimum absolute atomic E-state index is 0.401. The van der Waals surface area contributed by atoms with Gasteiger partial charge in [-0.15, -0.1) is 20.5 Å². The second-order valence-corrected chi connectivity index (χ2v) is 10.9. The lowest BCUT2D eigenvalue weighted by atomic mass is 10.0. The molecule has 0 aliphatic heterocycles. The molecule has 51 heavy (non-hydrogen) atoms. The Kier molecular flexibility index (Phi) is 11.5. The summed E-state index contributed by atoms with van der Waals surface area (Å²) in [4.78, 5) is 8.42. The van der Waals surface area contributed by atoms with E-state index in [4.69, 9.17) is 9.47 Å². The molecule has 6 rings (SSSR count). The van der Waals surface area contributed by atoms with Crippen molar-refractivity contribution in [3.63, 3.8) is 0 Å². The fourth-order valence-electron chi connectivity index (χ4n) is 4.66. The van der Waals surface area contributed by atoms with Gasteiger partial charge in [-0.2, -0.15) is 10.2 Å². The lowest BCUT2D eigenvalue weighted by Crippen LogP contribution is -2.02. The van der Waals surface area contributed by atoms with E-state index in [1.54, 1.807) is 38.7 Å². The van der Waals surface area contributed by atoms with Crippen molar-refractivity contribution < 1.29 is 9.47 Å². The van der Waals surface area contributed by atoms with Crippen molar-refractivity contribution >= 4 is 34.7 Å². The molecule has 0 unspecified atom stereocenters. The average Bonchev–Trinajstić information content (AvgIpc) is 3.20. The lowest BCUT2D eigenvalue weighted by Gasteiger charge is -2.08. The van der Waals surface area contributed by atoms with Crippen LogP contribution in [0.5, 0.6) is 11.5 Å². The second kappa shape index (κ2) is 17.4. The highest BCUT2D eigenvalue weighted by molar-refractivity contribution is 6.00. The van der Waals surface area contributed by atoms with Crippen LogP contribution < -0.4 is 20.3 Å². The first kappa shape index (κ1) is 33.8. The Labute approximate surface area is 295 Å². The number of pyridine rings is 2. The number of hydrogen-bond donors (Lipinski definition) is 2. The van der Waals surface area contributed by atoms with Crippen molar-refractivity contribution in [1.29, 1.82) is 0 Å². The second-order valence-electron chi connectivity index (χ2n) is 10.9. The molecule has 0 aliphatic carbocycles. The summed E-state index contributed by atoms with van der Waals surface area (Å²) in [7, 11) is 3.25. The van der Waals surface area contributed by atoms with E-state index >= 15 is 0 Å². The van der Waals surface area contributed by atoms with Crippen LogP contribution in [-0.2, 0) is 6.42 Å². The van der Waals surface area contributed by atoms with E-state index in [9.17, 15) is 0 Å². The van der Waals surface area contributed by atoms with Crippen LogP contribution in [-0.4, -0.2) is 35.9 Å². The number of anilines is 2. The number of benzene rings is 4. The van der Waals surface area contributed by atoms with Crippen molar-refractivity contribution in [2.45, 2.75) is 6.42 Å². The van der Waals surface area contributed by atoms with Gasteiger partial charge in [0, 0.05) is 23.5 Å². The maximum atomic E-state index is 5.29. The number of amidine groups is 2. The van der Waals surface area contributed by atoms with Crippen molar-refractivity contribution in [3.05, 3.63) is 168 Å². The Balaban J connectivity index is 1.10. The Hall–Kier alpha value is -7.08. The van der Waals surface area contributed by atoms with Crippen LogP contribution in [0.25, 0.3) is 0 Å². The number of aromatic nitrogens is 2. The molecule has 0 amide bonds. The number of rotatable bonds is 12. The summed E-state index contributed by atoms with van der Waals surface area (Å²) in [5, 5.41) is 26.3. The van der Waals surface area contributed by atoms with Gasteiger partial charge in [-0.3, -0.25) is 10.9 Å². The average molecular weight is 675 g/mol. The van der Waals surface area contributed by atoms with Crippen molar-refractivity contribution in [2.75, 3.05) is 25.1 Å². The summed E-state index contributed by atoms with van der Waals surface area (Å²) in [5.74, 6) is 3.25. The standard InChI is InChI=1S/C39H34N10O2/c1-50-34-21-13-30(14-22-34)38(48-44-36-7-3-5-25-40-36)46-42-32-17-9-28(10-18-32)27-29-11-19-33(20-12-29)43-47-39(31-15-23-35(51-2)24-16-31)49-45-37-8-4-6-26-41-37/h3-26,42-43H,27H2,1-2H3/b46-38-,47-39-,48-44?,49-45?. The van der Waals surface area contributed by atoms with Crippen LogP contribution in [0.2, 0.25) is 0 Å². The zero-order valence-corrected chi connectivity index (χ0v) is 28.0. The normalized spacial score (nSPS) is 11.9. The Morgan fingerprint density at radius 3 is 1.27 bits per heavy atom. The number of nitrogens with one attached hydrogen (secondary N) is 2. The first-order valence-corrected chi connectivity index (χ1v) is 15.9. The summed E-state index contributed by atoms with van der Waals surface area (Å²) in [5.41, 5.74) is 11.7. The molecule has 2 aromatic heterocycles. The van der Waals surface area contributed by atoms with E-state index in [0.29, 0.717) is 23.3 Å². The van der Waals surface area contributed by atoms with Crippen molar-refractivity contribution in [2.24, 2.45) is 30.7 Å². The zero-order valence-electron chi connectivity index (χ0n) is 28.0. The van der Waals surface area contributed by atoms with Gasteiger partial charge < -0.3 is 9.47 Å². The smallest absolute Gasteiger partial charge is 0.201 e. The number of ether oxygens (including phenoxy) is 2. The summed E-state index contributed by atoms with van der Waals surface area (Å²) in [6.07, 6.45) is 4.08. The van der Waals surface area contributed by atoms with Gasteiger partial charge in [0.15, 0.2) is 11.6 Å². The van der Waals surface area contributed by atoms with Crippen LogP contribution in [0.15, 0.2) is 177 Å². The van der Waals surface area contributed by atoms with Gasteiger partial charge >= 0.3 is 0 Å². The van der Waals surface area contributed by atoms with Gasteiger partial charge in [-0.25, -0.2) is 9.97 Å². The fraction of sp³-hybridized carbons (Fsp3) is 0.0769. The SMILES string of the molecule is COc1ccc(/C(N=Nc2ccccn2)=N/Nc2ccc(Cc3ccc(N/N=C(\N=Nc4ccccn4)c4ccc(OC)cc4)cc3)cc2)cc1. The van der Waals surface area contributed by atoms with E-state index in [-0.39, 0.29) is 0 Å². The van der Waals surface area contributed by atoms with Crippen LogP contribution in [0.4, 0.5) is 23.0 Å². The maximum absolute atomic E-state index is 5.29. The molecular weight excluding hydrogens is 640 g/mol. The Morgan fingerprint density at radius 2 is 0.922 bits per heavy atom. The number of methoxy groups -OCH3 is 2. The van der Waals surface area contributed by atoms with E-state index in [0.717, 1.165) is 51.5 Å². The number of hydrogen-bond acceptors (Lipinski definition) is 10. The molecule has 0 radical (unpaired) electrons. The third kappa shape index (κ3) is 9.97. The van der Waals surface area contributed by atoms with Gasteiger partial charge in [-0.05, 0) is 115 Å². The molecular formula is C39H34N10O2. The van der Waals surface area contributed by atoms with Crippen LogP contribution in [0.1, 0.15) is 22.3 Å². The molecule has 4 aromatic carbocycles. The van der Waals surface area contributed by atoms with E-state index < -0.39 is 0 Å². The molecule has 0 fully saturated rings. The molecule has 2 heterocycles. The molecule has 0 saturated heterocycles. The molecule has 252 valence electrons. The van der Waals surface area contributed by atoms with Gasteiger partial charge in [0.2, 0.25) is 11.7 Å². The number of hydrazone groups is 2. The predicted octanol–water partition coefficient (Wildman–Crippen LogP) is 9.20. The topological polar surface area (TPSA) is 142 Å². The van der Waals surface area contributed by atoms with Gasteiger partial charge in [0.1, 0.15) is 11.5 Å². The molecule has 0 aliphatic rings. The van der Waals surface area contributed by atoms with Crippen molar-refractivity contribution in [1.82, 2.24) is 9.97 Å². The monoisotopic (exact) mass is 674 g/mol. The highest BCUT2D eigenvalue weighted by Crippen LogP contribution is 2.19. The summed E-state index contributed by atoms with van der Waals surface area (Å²) >= 11 is 0. The highest BCUT2D eigenvalue weighted by atomic mass is 16.5. The van der Waals surface area contributed by atoms with Gasteiger partial charge in [0.25, 0.3) is 0 Å². The Morgan fingerprint density at radius 1 is 0.510 bits per heavy atom. The first-order valence-electron chi connectivity index (χ1n) is 15.9. The molecule has 6 aromatic rings. The van der Waals surface area contributed by atoms with E-state index in [1.807, 2.05) is 97.1 Å². The van der Waals surface area contributed by atoms with E-state index in [1.165, 1.54) is 0 Å². The lowest BCUT2D eigenvalue weighted by molar-refractivity contribution is 0.414. The largest absolute Gasteiger partial charge is 0.497 e. The summed E-state index contributed by atoms with van der Waals surface area (Å²) in [6, 6.07) is 42.0. The molecule has 0 bridgehead atoms. The van der Waals surface area contributed by atoms with Crippen LogP contribution in [0.3, 0.4) is 0 Å². The third-order valence-electron chi connectivity index (χ3n) is 7.39. The van der Waals surface area contributed by atoms with Crippen LogP contribution in [0, 0.1) is 0 Å². The molecule has 12 heteroatoms. The third-order valence-corrected chi connectivity index (χ3v) is 7.39. The molecule has 0 atom stereocenters. The van der Waals surface area contributed by atoms with Crippen molar-refractivity contribution in [3.8, 4) is 11.5 Å². The fourth-order valence-corrected chi connectivity index (χ4v) is 4.66. The minimum Gasteiger partial charge on any atom is -0.497 e. The molecule has 2 N–H and O–H groups in total. The zero-order chi connectivity index (χ0) is 35.1. The summed E-state index contributed by atoms with van der Waals surface area (Å²) in [6.45, 7) is 0. The van der Waals surface area contributed by atoms with Gasteiger partial charge in [-0.1, -0.05) is 36.4 Å². The first-order chi connectivity index (χ1) is 25.1. The Bertz CT molecular complexity index is 1950. The van der Waals surface area contributed by atoms with Gasteiger partial charge in [0.05, 0.1) is 25.6 Å². The molecule has 0 saturated carbocycles. The highest BCUT2D eigenvalue weighted by Gasteiger charge is 2.07. The number of azo groups is 2. The maximum Gasteiger partial charge on any atom is 0.201 e. The summed E-state index contributed by atoms with van der Waals surface area (Å²) < 4.78 is 10.6. The quantitative estimate of drug-likeness (QED) is 0.0574. The minimum atomic E-state index is 0.401. The molecule has 0 spiro atoms. The van der Waals surface area contributed by atoms with Crippen LogP contribution >= 0.6 is 0 Å². The van der Waals surface area contributed by atoms with E-state index in [2.05, 4.69) is 75.7 Å². The predicted molar refractivity (Wildman–Crippen MR) is 200 cm³/mol.